The number of nitrogens with one attached hydrogen (secondary N) is 1. The number of esters is 2. The van der Waals surface area contributed by atoms with Crippen molar-refractivity contribution in [2.24, 2.45) is 15.7 Å². The van der Waals surface area contributed by atoms with Gasteiger partial charge in [0.2, 0.25) is 5.96 Å². The van der Waals surface area contributed by atoms with E-state index in [9.17, 15) is 24.0 Å². The average Bonchev–Trinajstić information content (AvgIpc) is 3.76. The normalized spacial score (nSPS) is 14.8. The second-order valence-corrected chi connectivity index (χ2v) is 16.6. The molecule has 0 fully saturated rings. The molecule has 14 nitrogen and oxygen atoms in total. The lowest BCUT2D eigenvalue weighted by atomic mass is 9.83. The second kappa shape index (κ2) is 19.8. The first kappa shape index (κ1) is 46.6. The third kappa shape index (κ3) is 9.83. The van der Waals surface area contributed by atoms with Crippen LogP contribution in [0.3, 0.4) is 0 Å². The minimum absolute atomic E-state index is 0.0513. The molecule has 0 atom stereocenters. The zero-order valence-corrected chi connectivity index (χ0v) is 37.7. The summed E-state index contributed by atoms with van der Waals surface area (Å²) in [6, 6.07) is 50.9. The van der Waals surface area contributed by atoms with Gasteiger partial charge in [0, 0.05) is 0 Å². The van der Waals surface area contributed by atoms with Gasteiger partial charge >= 0.3 is 18.0 Å². The number of carbonyl (C=O) groups is 5. The fraction of sp³-hybridized carbons (Fsp3) is 0.189. The van der Waals surface area contributed by atoms with Crippen LogP contribution in [0, 0.1) is 0 Å². The van der Waals surface area contributed by atoms with Gasteiger partial charge in [0.05, 0.1) is 38.4 Å². The standard InChI is InChI=1S/C29H29N3O5.C24H21N3O3/c1-28(2,3)37-27(35)30-26-31-29(22-14-7-5-8-15-22,23-16-9-6-10-17-23)25(34)32(26)19-20-12-11-13-21(18-20)24(33)36-4;1-30-21(28)18-10-8-9-17(15-18)16-27-22(29)24(26-23(27)25,19-11-4-2-5-12-19)20-13-6-3-7-14-20/h5-18H,19H2,1-4H3,(H,30,31,35);2-15H,16H2,1H3,(H2,25,26). The number of hydrogen-bond acceptors (Lipinski definition) is 11. The summed E-state index contributed by atoms with van der Waals surface area (Å²) in [6.07, 6.45) is -0.732. The lowest BCUT2D eigenvalue weighted by molar-refractivity contribution is -0.131. The molecule has 2 aliphatic rings. The topological polar surface area (TPSA) is 182 Å². The highest BCUT2D eigenvalue weighted by molar-refractivity contribution is 6.13. The molecule has 8 rings (SSSR count). The van der Waals surface area contributed by atoms with Crippen molar-refractivity contribution in [3.63, 3.8) is 0 Å². The Morgan fingerprint density at radius 1 is 0.552 bits per heavy atom. The van der Waals surface area contributed by atoms with Crippen molar-refractivity contribution in [1.82, 2.24) is 15.1 Å². The van der Waals surface area contributed by atoms with Crippen LogP contribution >= 0.6 is 0 Å². The number of ether oxygens (including phenoxy) is 3. The average molecular weight is 899 g/mol. The number of hydrogen-bond donors (Lipinski definition) is 2. The van der Waals surface area contributed by atoms with Crippen molar-refractivity contribution >= 4 is 41.8 Å². The molecule has 0 radical (unpaired) electrons. The van der Waals surface area contributed by atoms with E-state index in [2.05, 4.69) is 10.3 Å². The number of nitrogens with zero attached hydrogens (tertiary/aromatic N) is 4. The number of carbonyl (C=O) groups excluding carboxylic acids is 5. The molecular formula is C53H50N6O8. The van der Waals surface area contributed by atoms with Crippen LogP contribution in [-0.4, -0.2) is 71.4 Å². The van der Waals surface area contributed by atoms with Crippen molar-refractivity contribution in [1.29, 1.82) is 0 Å². The third-order valence-corrected chi connectivity index (χ3v) is 11.0. The summed E-state index contributed by atoms with van der Waals surface area (Å²) in [5.74, 6) is -1.32. The highest BCUT2D eigenvalue weighted by atomic mass is 16.6. The Bertz CT molecular complexity index is 2750. The van der Waals surface area contributed by atoms with Gasteiger partial charge in [-0.15, -0.1) is 0 Å². The smallest absolute Gasteiger partial charge is 0.414 e. The summed E-state index contributed by atoms with van der Waals surface area (Å²) in [7, 11) is 2.64. The highest BCUT2D eigenvalue weighted by Gasteiger charge is 2.52. The van der Waals surface area contributed by atoms with E-state index in [1.165, 1.54) is 24.0 Å². The molecule has 0 bridgehead atoms. The number of rotatable bonds is 10. The van der Waals surface area contributed by atoms with Gasteiger partial charge in [-0.3, -0.25) is 24.7 Å². The lowest BCUT2D eigenvalue weighted by Crippen LogP contribution is -2.47. The van der Waals surface area contributed by atoms with Gasteiger partial charge in [-0.2, -0.15) is 0 Å². The zero-order valence-electron chi connectivity index (χ0n) is 37.7. The molecule has 3 N–H and O–H groups in total. The van der Waals surface area contributed by atoms with E-state index in [4.69, 9.17) is 24.9 Å². The molecule has 14 heteroatoms. The summed E-state index contributed by atoms with van der Waals surface area (Å²) in [5, 5.41) is 2.68. The fourth-order valence-electron chi connectivity index (χ4n) is 7.92. The molecule has 0 saturated carbocycles. The monoisotopic (exact) mass is 898 g/mol. The van der Waals surface area contributed by atoms with Gasteiger partial charge in [-0.25, -0.2) is 24.4 Å². The van der Waals surface area contributed by atoms with Crippen molar-refractivity contribution in [3.8, 4) is 0 Å². The molecule has 340 valence electrons. The Balaban J connectivity index is 0.000000203. The van der Waals surface area contributed by atoms with Crippen LogP contribution in [0.4, 0.5) is 4.79 Å². The molecule has 0 aliphatic carbocycles. The molecule has 6 aromatic rings. The van der Waals surface area contributed by atoms with Gasteiger partial charge in [0.15, 0.2) is 17.0 Å². The van der Waals surface area contributed by atoms with Gasteiger partial charge in [0.1, 0.15) is 5.60 Å². The van der Waals surface area contributed by atoms with Crippen molar-refractivity contribution in [2.45, 2.75) is 50.5 Å². The maximum absolute atomic E-state index is 14.3. The number of aliphatic imine (C=N–C) groups is 2. The van der Waals surface area contributed by atoms with E-state index < -0.39 is 34.7 Å². The number of amides is 3. The van der Waals surface area contributed by atoms with Crippen LogP contribution in [0.15, 0.2) is 180 Å². The molecular weight excluding hydrogens is 849 g/mol. The molecule has 67 heavy (non-hydrogen) atoms. The summed E-state index contributed by atoms with van der Waals surface area (Å²) >= 11 is 0. The molecule has 6 aromatic carbocycles. The van der Waals surface area contributed by atoms with Gasteiger partial charge < -0.3 is 19.9 Å². The Labute approximate surface area is 388 Å². The van der Waals surface area contributed by atoms with Crippen LogP contribution in [0.1, 0.15) is 74.9 Å². The SMILES string of the molecule is COC(=O)c1cccc(CN2C(=O)C(c3ccccc3)(c3ccccc3)N=C2N)c1.COC(=O)c1cccc(CN2C(=O)C(c3ccccc3)(c3ccccc3)N=C2NC(=O)OC(C)(C)C)c1. The molecule has 0 aromatic heterocycles. The number of guanidine groups is 2. The molecule has 2 heterocycles. The first-order valence-corrected chi connectivity index (χ1v) is 21.4. The zero-order chi connectivity index (χ0) is 47.8. The van der Waals surface area contributed by atoms with E-state index in [1.807, 2.05) is 127 Å². The summed E-state index contributed by atoms with van der Waals surface area (Å²) in [6.45, 7) is 5.51. The first-order chi connectivity index (χ1) is 32.2. The Morgan fingerprint density at radius 3 is 1.31 bits per heavy atom. The van der Waals surface area contributed by atoms with Crippen LogP contribution in [0.5, 0.6) is 0 Å². The minimum Gasteiger partial charge on any atom is -0.465 e. The summed E-state index contributed by atoms with van der Waals surface area (Å²) in [5.41, 5.74) is 7.81. The van der Waals surface area contributed by atoms with Crippen LogP contribution < -0.4 is 11.1 Å². The fourth-order valence-corrected chi connectivity index (χ4v) is 7.92. The predicted molar refractivity (Wildman–Crippen MR) is 252 cm³/mol. The molecule has 3 amide bonds. The van der Waals surface area contributed by atoms with Crippen molar-refractivity contribution in [2.75, 3.05) is 14.2 Å². The molecule has 2 aliphatic heterocycles. The number of methoxy groups -OCH3 is 2. The Kier molecular flexibility index (Phi) is 13.8. The second-order valence-electron chi connectivity index (χ2n) is 16.6. The molecule has 0 saturated heterocycles. The van der Waals surface area contributed by atoms with E-state index in [0.717, 1.165) is 16.7 Å². The van der Waals surface area contributed by atoms with Gasteiger partial charge in [-0.1, -0.05) is 146 Å². The van der Waals surface area contributed by atoms with E-state index in [-0.39, 0.29) is 36.8 Å². The number of nitrogens with two attached hydrogens (primary N) is 1. The van der Waals surface area contributed by atoms with Crippen molar-refractivity contribution < 1.29 is 38.2 Å². The quantitative estimate of drug-likeness (QED) is 0.103. The maximum atomic E-state index is 14.3. The Morgan fingerprint density at radius 2 is 0.925 bits per heavy atom. The van der Waals surface area contributed by atoms with Gasteiger partial charge in [-0.05, 0) is 78.4 Å². The minimum atomic E-state index is -1.42. The Hall–Kier alpha value is -8.39. The maximum Gasteiger partial charge on any atom is 0.414 e. The van der Waals surface area contributed by atoms with E-state index >= 15 is 0 Å². The number of benzene rings is 6. The molecule has 0 spiro atoms. The van der Waals surface area contributed by atoms with Crippen LogP contribution in [-0.2, 0) is 48.0 Å². The number of alkyl carbamates (subject to hydrolysis) is 1. The van der Waals surface area contributed by atoms with E-state index in [0.29, 0.717) is 27.8 Å². The molecule has 0 unspecified atom stereocenters. The van der Waals surface area contributed by atoms with Crippen molar-refractivity contribution in [3.05, 3.63) is 214 Å². The van der Waals surface area contributed by atoms with Crippen LogP contribution in [0.2, 0.25) is 0 Å². The van der Waals surface area contributed by atoms with Gasteiger partial charge in [0.25, 0.3) is 11.8 Å². The highest BCUT2D eigenvalue weighted by Crippen LogP contribution is 2.41. The third-order valence-electron chi connectivity index (χ3n) is 11.0. The van der Waals surface area contributed by atoms with Crippen LogP contribution in [0.25, 0.3) is 0 Å². The first-order valence-electron chi connectivity index (χ1n) is 21.4. The van der Waals surface area contributed by atoms with E-state index in [1.54, 1.807) is 63.2 Å². The summed E-state index contributed by atoms with van der Waals surface area (Å²) in [4.78, 5) is 77.2. The largest absolute Gasteiger partial charge is 0.465 e. The lowest BCUT2D eigenvalue weighted by Gasteiger charge is -2.27. The summed E-state index contributed by atoms with van der Waals surface area (Å²) < 4.78 is 15.1. The predicted octanol–water partition coefficient (Wildman–Crippen LogP) is 7.71.